The molecule has 1 aromatic heterocycles. The van der Waals surface area contributed by atoms with E-state index in [0.717, 1.165) is 62.4 Å². The molecule has 0 radical (unpaired) electrons. The molecule has 1 aromatic rings. The summed E-state index contributed by atoms with van der Waals surface area (Å²) in [4.78, 5) is 26.0. The lowest BCUT2D eigenvalue weighted by molar-refractivity contribution is -0.133. The minimum atomic E-state index is 0.0504. The fraction of sp³-hybridized carbons (Fsp3) is 0.696. The Balaban J connectivity index is 1.54. The molecule has 3 rings (SSSR count). The number of likely N-dealkylation sites (tertiary alicyclic amines) is 1. The summed E-state index contributed by atoms with van der Waals surface area (Å²) in [6, 6.07) is 4.49. The van der Waals surface area contributed by atoms with Crippen molar-refractivity contribution in [3.05, 3.63) is 23.9 Å². The molecule has 2 aliphatic rings. The molecule has 2 fully saturated rings. The Morgan fingerprint density at radius 3 is 2.63 bits per heavy atom. The third-order valence-corrected chi connectivity index (χ3v) is 6.02. The predicted octanol–water partition coefficient (Wildman–Crippen LogP) is 2.63. The highest BCUT2D eigenvalue weighted by Gasteiger charge is 2.28. The van der Waals surface area contributed by atoms with Gasteiger partial charge in [0.1, 0.15) is 5.82 Å². The second-order valence-electron chi connectivity index (χ2n) is 8.96. The number of aromatic nitrogens is 1. The third-order valence-electron chi connectivity index (χ3n) is 6.02. The second-order valence-corrected chi connectivity index (χ2v) is 8.96. The summed E-state index contributed by atoms with van der Waals surface area (Å²) < 4.78 is 0. The lowest BCUT2D eigenvalue weighted by Crippen LogP contribution is -2.45. The van der Waals surface area contributed by atoms with Crippen LogP contribution in [0, 0.1) is 11.8 Å². The molecule has 2 N–H and O–H groups in total. The normalized spacial score (nSPS) is 20.7. The van der Waals surface area contributed by atoms with Gasteiger partial charge < -0.3 is 20.4 Å². The standard InChI is InChI=1S/C23H38N6O/c1-5-24-23(27-20-10-13-29(16-20)22(30)17(2)3)26-15-19-6-7-21(25-14-19)28-11-8-18(4)9-12-28/h6-7,14,17-18,20H,5,8-13,15-16H2,1-4H3,(H2,24,26,27). The maximum atomic E-state index is 12.2. The number of nitrogens with one attached hydrogen (secondary N) is 2. The van der Waals surface area contributed by atoms with Crippen LogP contribution >= 0.6 is 0 Å². The van der Waals surface area contributed by atoms with Crippen LogP contribution in [0.4, 0.5) is 5.82 Å². The molecule has 7 nitrogen and oxygen atoms in total. The molecular weight excluding hydrogens is 376 g/mol. The Bertz CT molecular complexity index is 709. The molecule has 2 aliphatic heterocycles. The van der Waals surface area contributed by atoms with Crippen molar-refractivity contribution >= 4 is 17.7 Å². The molecule has 0 bridgehead atoms. The van der Waals surface area contributed by atoms with E-state index < -0.39 is 0 Å². The zero-order valence-corrected chi connectivity index (χ0v) is 19.0. The molecule has 2 saturated heterocycles. The monoisotopic (exact) mass is 414 g/mol. The predicted molar refractivity (Wildman–Crippen MR) is 123 cm³/mol. The Kier molecular flexibility index (Phi) is 7.94. The molecule has 0 spiro atoms. The van der Waals surface area contributed by atoms with Gasteiger partial charge >= 0.3 is 0 Å². The highest BCUT2D eigenvalue weighted by atomic mass is 16.2. The van der Waals surface area contributed by atoms with Gasteiger partial charge in [0, 0.05) is 50.9 Å². The molecule has 1 amide bonds. The number of hydrogen-bond acceptors (Lipinski definition) is 4. The van der Waals surface area contributed by atoms with Gasteiger partial charge in [-0.3, -0.25) is 4.79 Å². The minimum absolute atomic E-state index is 0.0504. The molecule has 0 aliphatic carbocycles. The summed E-state index contributed by atoms with van der Waals surface area (Å²) in [6.07, 6.45) is 5.38. The van der Waals surface area contributed by atoms with Gasteiger partial charge in [-0.05, 0) is 43.7 Å². The zero-order chi connectivity index (χ0) is 21.5. The second kappa shape index (κ2) is 10.6. The van der Waals surface area contributed by atoms with Crippen molar-refractivity contribution < 1.29 is 4.79 Å². The number of pyridine rings is 1. The first-order chi connectivity index (χ1) is 14.5. The van der Waals surface area contributed by atoms with Crippen LogP contribution in [0.5, 0.6) is 0 Å². The van der Waals surface area contributed by atoms with Gasteiger partial charge in [0.05, 0.1) is 6.54 Å². The zero-order valence-electron chi connectivity index (χ0n) is 19.0. The van der Waals surface area contributed by atoms with Crippen LogP contribution in [0.3, 0.4) is 0 Å². The maximum absolute atomic E-state index is 12.2. The van der Waals surface area contributed by atoms with Crippen LogP contribution in [0.2, 0.25) is 0 Å². The molecule has 1 unspecified atom stereocenters. The lowest BCUT2D eigenvalue weighted by atomic mass is 9.99. The summed E-state index contributed by atoms with van der Waals surface area (Å²) in [5, 5.41) is 6.82. The maximum Gasteiger partial charge on any atom is 0.225 e. The summed E-state index contributed by atoms with van der Waals surface area (Å²) in [5.41, 5.74) is 1.10. The van der Waals surface area contributed by atoms with Crippen molar-refractivity contribution in [2.75, 3.05) is 37.6 Å². The SMILES string of the molecule is CCNC(=NCc1ccc(N2CCC(C)CC2)nc1)NC1CCN(C(=O)C(C)C)C1. The van der Waals surface area contributed by atoms with E-state index in [1.807, 2.05) is 24.9 Å². The molecule has 1 atom stereocenters. The Morgan fingerprint density at radius 2 is 2.00 bits per heavy atom. The van der Waals surface area contributed by atoms with Gasteiger partial charge in [0.15, 0.2) is 5.96 Å². The van der Waals surface area contributed by atoms with E-state index in [1.54, 1.807) is 0 Å². The molecular formula is C23H38N6O. The number of rotatable bonds is 6. The molecule has 0 saturated carbocycles. The van der Waals surface area contributed by atoms with Crippen LogP contribution in [-0.2, 0) is 11.3 Å². The Morgan fingerprint density at radius 1 is 1.23 bits per heavy atom. The van der Waals surface area contributed by atoms with E-state index in [9.17, 15) is 4.79 Å². The van der Waals surface area contributed by atoms with Gasteiger partial charge in [0.2, 0.25) is 5.91 Å². The summed E-state index contributed by atoms with van der Waals surface area (Å²) in [7, 11) is 0. The van der Waals surface area contributed by atoms with Crippen molar-refractivity contribution in [2.45, 2.75) is 59.5 Å². The summed E-state index contributed by atoms with van der Waals surface area (Å²) >= 11 is 0. The smallest absolute Gasteiger partial charge is 0.225 e. The number of aliphatic imine (C=N–C) groups is 1. The van der Waals surface area contributed by atoms with Crippen LogP contribution < -0.4 is 15.5 Å². The van der Waals surface area contributed by atoms with E-state index in [4.69, 9.17) is 4.99 Å². The minimum Gasteiger partial charge on any atom is -0.357 e. The van der Waals surface area contributed by atoms with Crippen LogP contribution in [0.15, 0.2) is 23.3 Å². The lowest BCUT2D eigenvalue weighted by Gasteiger charge is -2.31. The first kappa shape index (κ1) is 22.4. The first-order valence-corrected chi connectivity index (χ1v) is 11.5. The number of anilines is 1. The van der Waals surface area contributed by atoms with Crippen LogP contribution in [-0.4, -0.2) is 60.5 Å². The van der Waals surface area contributed by atoms with Gasteiger partial charge in [-0.15, -0.1) is 0 Å². The molecule has 3 heterocycles. The number of hydrogen-bond donors (Lipinski definition) is 2. The van der Waals surface area contributed by atoms with Crippen LogP contribution in [0.25, 0.3) is 0 Å². The number of piperidine rings is 1. The number of amides is 1. The van der Waals surface area contributed by atoms with Crippen molar-refractivity contribution in [3.63, 3.8) is 0 Å². The van der Waals surface area contributed by atoms with Gasteiger partial charge in [-0.1, -0.05) is 26.8 Å². The highest BCUT2D eigenvalue weighted by Crippen LogP contribution is 2.21. The first-order valence-electron chi connectivity index (χ1n) is 11.5. The molecule has 0 aromatic carbocycles. The average molecular weight is 415 g/mol. The number of carbonyl (C=O) groups is 1. The van der Waals surface area contributed by atoms with E-state index in [0.29, 0.717) is 6.54 Å². The van der Waals surface area contributed by atoms with Crippen molar-refractivity contribution in [3.8, 4) is 0 Å². The topological polar surface area (TPSA) is 72.9 Å². The van der Waals surface area contributed by atoms with E-state index in [2.05, 4.69) is 46.5 Å². The van der Waals surface area contributed by atoms with Gasteiger partial charge in [0.25, 0.3) is 0 Å². The van der Waals surface area contributed by atoms with Crippen molar-refractivity contribution in [1.82, 2.24) is 20.5 Å². The number of guanidine groups is 1. The fourth-order valence-corrected chi connectivity index (χ4v) is 4.06. The highest BCUT2D eigenvalue weighted by molar-refractivity contribution is 5.81. The number of carbonyl (C=O) groups excluding carboxylic acids is 1. The summed E-state index contributed by atoms with van der Waals surface area (Å²) in [6.45, 7) is 13.4. The van der Waals surface area contributed by atoms with Crippen LogP contribution in [0.1, 0.15) is 52.5 Å². The molecule has 30 heavy (non-hydrogen) atoms. The summed E-state index contributed by atoms with van der Waals surface area (Å²) in [5.74, 6) is 2.98. The third kappa shape index (κ3) is 6.09. The molecule has 7 heteroatoms. The largest absolute Gasteiger partial charge is 0.357 e. The van der Waals surface area contributed by atoms with Crippen molar-refractivity contribution in [2.24, 2.45) is 16.8 Å². The quantitative estimate of drug-likeness (QED) is 0.553. The Labute approximate surface area is 181 Å². The fourth-order valence-electron chi connectivity index (χ4n) is 4.06. The van der Waals surface area contributed by atoms with Gasteiger partial charge in [-0.2, -0.15) is 0 Å². The van der Waals surface area contributed by atoms with Crippen molar-refractivity contribution in [1.29, 1.82) is 0 Å². The Hall–Kier alpha value is -2.31. The van der Waals surface area contributed by atoms with E-state index in [-0.39, 0.29) is 17.9 Å². The molecule has 166 valence electrons. The number of nitrogens with zero attached hydrogens (tertiary/aromatic N) is 4. The van der Waals surface area contributed by atoms with Gasteiger partial charge in [-0.25, -0.2) is 9.98 Å². The van der Waals surface area contributed by atoms with E-state index in [1.165, 1.54) is 12.8 Å². The van der Waals surface area contributed by atoms with E-state index >= 15 is 0 Å². The average Bonchev–Trinajstić information content (AvgIpc) is 3.21.